The molecule has 13 nitrogen and oxygen atoms in total. The number of rotatable bonds is 8. The van der Waals surface area contributed by atoms with E-state index in [2.05, 4.69) is 124 Å². The number of benzene rings is 2. The Morgan fingerprint density at radius 1 is 0.733 bits per heavy atom. The first-order valence-electron chi connectivity index (χ1n) is 21.3. The molecular formula is C45H66N10O3S2. The monoisotopic (exact) mass is 858 g/mol. The number of aromatic nitrogens is 2. The van der Waals surface area contributed by atoms with Crippen LogP contribution in [0.4, 0.5) is 14.4 Å². The summed E-state index contributed by atoms with van der Waals surface area (Å²) in [7, 11) is 8.76. The molecule has 0 bridgehead atoms. The van der Waals surface area contributed by atoms with E-state index in [4.69, 9.17) is 4.79 Å². The quantitative estimate of drug-likeness (QED) is 0.153. The van der Waals surface area contributed by atoms with Crippen molar-refractivity contribution in [1.82, 2.24) is 39.4 Å². The van der Waals surface area contributed by atoms with Crippen molar-refractivity contribution >= 4 is 69.0 Å². The zero-order valence-corrected chi connectivity index (χ0v) is 38.8. The molecule has 60 heavy (non-hydrogen) atoms. The summed E-state index contributed by atoms with van der Waals surface area (Å²) in [6.45, 7) is 12.8. The van der Waals surface area contributed by atoms with Gasteiger partial charge in [0.05, 0.1) is 16.1 Å². The number of hydrogen-bond donors (Lipinski definition) is 4. The molecule has 5 atom stereocenters. The lowest BCUT2D eigenvalue weighted by atomic mass is 9.74. The van der Waals surface area contributed by atoms with E-state index in [0.717, 1.165) is 58.5 Å². The Morgan fingerprint density at radius 2 is 1.27 bits per heavy atom. The average molecular weight is 859 g/mol. The molecule has 0 unspecified atom stereocenters. The van der Waals surface area contributed by atoms with Crippen molar-refractivity contribution in [3.63, 3.8) is 0 Å². The van der Waals surface area contributed by atoms with Gasteiger partial charge in [0.25, 0.3) is 0 Å². The number of urea groups is 3. The highest BCUT2D eigenvalue weighted by molar-refractivity contribution is 7.98. The second-order valence-electron chi connectivity index (χ2n) is 16.3. The number of fused-ring (bicyclic) bond motifs is 4. The lowest BCUT2D eigenvalue weighted by Crippen LogP contribution is -2.56. The van der Waals surface area contributed by atoms with Gasteiger partial charge in [-0.2, -0.15) is 0 Å². The van der Waals surface area contributed by atoms with Crippen LogP contribution in [0.1, 0.15) is 62.3 Å². The van der Waals surface area contributed by atoms with Crippen LogP contribution in [0.25, 0.3) is 27.4 Å². The van der Waals surface area contributed by atoms with Gasteiger partial charge < -0.3 is 45.9 Å². The number of nitrogens with zero attached hydrogens (tertiary/aromatic N) is 6. The molecule has 2 aliphatic heterocycles. The van der Waals surface area contributed by atoms with E-state index in [1.807, 2.05) is 61.0 Å². The van der Waals surface area contributed by atoms with E-state index in [1.165, 1.54) is 59.7 Å². The third-order valence-corrected chi connectivity index (χ3v) is 14.9. The number of aryl methyl sites for hydroxylation is 2. The molecule has 4 aliphatic rings. The minimum Gasteiger partial charge on any atom is -0.352 e. The Labute approximate surface area is 364 Å². The summed E-state index contributed by atoms with van der Waals surface area (Å²) in [5, 5.41) is 12.1. The number of nitrogens with one attached hydrogen (secondary N) is 2. The van der Waals surface area contributed by atoms with Gasteiger partial charge in [-0.25, -0.2) is 14.4 Å². The van der Waals surface area contributed by atoms with Crippen LogP contribution in [0.3, 0.4) is 0 Å². The lowest BCUT2D eigenvalue weighted by molar-refractivity contribution is 0.123. The van der Waals surface area contributed by atoms with Crippen LogP contribution in [0.5, 0.6) is 0 Å². The van der Waals surface area contributed by atoms with Gasteiger partial charge >= 0.3 is 18.1 Å². The van der Waals surface area contributed by atoms with Gasteiger partial charge in [-0.15, -0.1) is 23.5 Å². The number of nitrogens with two attached hydrogens (primary N) is 2. The zero-order valence-electron chi connectivity index (χ0n) is 37.2. The Kier molecular flexibility index (Phi) is 14.4. The molecule has 8 rings (SSSR count). The first-order valence-corrected chi connectivity index (χ1v) is 23.7. The van der Waals surface area contributed by atoms with Crippen LogP contribution >= 0.6 is 23.5 Å². The van der Waals surface area contributed by atoms with Gasteiger partial charge in [-0.05, 0) is 114 Å². The van der Waals surface area contributed by atoms with Crippen molar-refractivity contribution in [2.45, 2.75) is 87.1 Å². The number of carbonyl (C=O) groups is 3. The third kappa shape index (κ3) is 8.59. The lowest BCUT2D eigenvalue weighted by Gasteiger charge is -2.46. The highest BCUT2D eigenvalue weighted by atomic mass is 32.2. The summed E-state index contributed by atoms with van der Waals surface area (Å²) in [5.41, 5.74) is 18.3. The van der Waals surface area contributed by atoms with Crippen molar-refractivity contribution in [1.29, 1.82) is 0 Å². The van der Waals surface area contributed by atoms with Crippen LogP contribution < -0.4 is 22.1 Å². The molecule has 2 aromatic heterocycles. The van der Waals surface area contributed by atoms with Crippen molar-refractivity contribution in [3.8, 4) is 0 Å². The number of hydrogen-bond acceptors (Lipinski definition) is 7. The van der Waals surface area contributed by atoms with Crippen LogP contribution in [0.15, 0.2) is 52.5 Å². The van der Waals surface area contributed by atoms with E-state index in [0.29, 0.717) is 18.0 Å². The molecule has 326 valence electrons. The third-order valence-electron chi connectivity index (χ3n) is 13.0. The van der Waals surface area contributed by atoms with Crippen LogP contribution in [0.2, 0.25) is 0 Å². The maximum atomic E-state index is 12.6. The molecule has 2 aromatic carbocycles. The first-order chi connectivity index (χ1) is 28.7. The second kappa shape index (κ2) is 19.2. The number of primary amides is 2. The molecule has 6 N–H and O–H groups in total. The molecule has 4 aromatic rings. The SMILES string of the molecule is CCN(CC)C(=O)N[C@H]1C=C2c3cccc4c3c(c(SC)n4C)C[C@H]2N(C)C1.CCN(CC)C(=O)N[C@H]1C[C@@H]2c3cccc4c3c(c(SC)n4C)C[C@H]2N(C)C1.NC(N)=O. The smallest absolute Gasteiger partial charge is 0.317 e. The van der Waals surface area contributed by atoms with E-state index in [9.17, 15) is 9.59 Å². The highest BCUT2D eigenvalue weighted by Crippen LogP contribution is 2.47. The average Bonchev–Trinajstić information content (AvgIpc) is 3.66. The molecule has 1 saturated heterocycles. The predicted octanol–water partition coefficient (Wildman–Crippen LogP) is 6.26. The van der Waals surface area contributed by atoms with Crippen molar-refractivity contribution in [2.24, 2.45) is 25.6 Å². The zero-order chi connectivity index (χ0) is 43.6. The van der Waals surface area contributed by atoms with E-state index >= 15 is 0 Å². The maximum absolute atomic E-state index is 12.6. The predicted molar refractivity (Wildman–Crippen MR) is 249 cm³/mol. The molecule has 15 heteroatoms. The molecule has 0 spiro atoms. The molecule has 0 radical (unpaired) electrons. The number of piperidine rings is 1. The minimum absolute atomic E-state index is 0.0257. The number of carbonyl (C=O) groups excluding carboxylic acids is 3. The number of amides is 6. The highest BCUT2D eigenvalue weighted by Gasteiger charge is 2.41. The van der Waals surface area contributed by atoms with Crippen LogP contribution in [0, 0.1) is 0 Å². The second-order valence-corrected chi connectivity index (χ2v) is 17.9. The fraction of sp³-hybridized carbons (Fsp3) is 0.533. The van der Waals surface area contributed by atoms with Gasteiger partial charge in [-0.1, -0.05) is 30.3 Å². The fourth-order valence-electron chi connectivity index (χ4n) is 10.3. The summed E-state index contributed by atoms with van der Waals surface area (Å²) in [6, 6.07) is 13.7. The summed E-state index contributed by atoms with van der Waals surface area (Å²) < 4.78 is 4.69. The molecule has 2 aliphatic carbocycles. The van der Waals surface area contributed by atoms with Gasteiger partial charge in [0.1, 0.15) is 0 Å². The van der Waals surface area contributed by atoms with Gasteiger partial charge in [-0.3, -0.25) is 4.90 Å². The Balaban J connectivity index is 0.000000185. The van der Waals surface area contributed by atoms with E-state index < -0.39 is 6.03 Å². The van der Waals surface area contributed by atoms with Gasteiger partial charge in [0.15, 0.2) is 0 Å². The molecule has 4 heterocycles. The number of likely N-dealkylation sites (tertiary alicyclic amines) is 1. The van der Waals surface area contributed by atoms with Crippen molar-refractivity contribution in [2.75, 3.05) is 65.9 Å². The fourth-order valence-corrected chi connectivity index (χ4v) is 11.9. The topological polar surface area (TPSA) is 150 Å². The van der Waals surface area contributed by atoms with Crippen LogP contribution in [-0.4, -0.2) is 137 Å². The normalized spacial score (nSPS) is 21.7. The molecule has 6 amide bonds. The Hall–Kier alpha value is -4.31. The summed E-state index contributed by atoms with van der Waals surface area (Å²) in [4.78, 5) is 42.8. The van der Waals surface area contributed by atoms with E-state index in [1.54, 1.807) is 0 Å². The van der Waals surface area contributed by atoms with Crippen LogP contribution in [-0.2, 0) is 26.9 Å². The first kappa shape index (κ1) is 45.2. The van der Waals surface area contributed by atoms with Crippen molar-refractivity contribution < 1.29 is 14.4 Å². The molecular weight excluding hydrogens is 793 g/mol. The summed E-state index contributed by atoms with van der Waals surface area (Å²) in [5.74, 6) is 0.467. The molecule has 0 saturated carbocycles. The van der Waals surface area contributed by atoms with Gasteiger partial charge in [0.2, 0.25) is 0 Å². The Morgan fingerprint density at radius 3 is 1.83 bits per heavy atom. The number of likely N-dealkylation sites (N-methyl/N-ethyl adjacent to an activating group) is 2. The van der Waals surface area contributed by atoms with E-state index in [-0.39, 0.29) is 24.1 Å². The molecule has 1 fully saturated rings. The largest absolute Gasteiger partial charge is 0.352 e. The summed E-state index contributed by atoms with van der Waals surface area (Å²) >= 11 is 3.69. The van der Waals surface area contributed by atoms with Gasteiger partial charge in [0, 0.05) is 99.2 Å². The van der Waals surface area contributed by atoms with Crippen molar-refractivity contribution in [3.05, 3.63) is 64.7 Å². The summed E-state index contributed by atoms with van der Waals surface area (Å²) in [6.07, 6.45) is 9.80. The number of thioether (sulfide) groups is 2. The standard InChI is InChI=1S/C22H32N4OS.C22H30N4OS.CH4N2O/c2*1-6-26(7-2)22(27)23-14-11-16-15-9-8-10-18-20(15)17(21(28-5)25(18)4)12-19(16)24(3)13-14;2-1(3)4/h8-10,14,16,19H,6-7,11-13H2,1-5H3,(H,23,27);8-11,14,19H,6-7,12-13H2,1-5H3,(H,23,27);(H4,2,3,4)/t14-,16+,19+;14-,19+;/m00./s1. The Bertz CT molecular complexity index is 2240. The maximum Gasteiger partial charge on any atom is 0.317 e. The minimum atomic E-state index is -0.833.